The van der Waals surface area contributed by atoms with Crippen molar-refractivity contribution in [1.29, 1.82) is 0 Å². The maximum Gasteiger partial charge on any atom is 0.240 e. The Morgan fingerprint density at radius 1 is 1.00 bits per heavy atom. The van der Waals surface area contributed by atoms with Crippen molar-refractivity contribution in [3.63, 3.8) is 0 Å². The van der Waals surface area contributed by atoms with Crippen LogP contribution in [0.5, 0.6) is 5.75 Å². The maximum absolute atomic E-state index is 13.5. The summed E-state index contributed by atoms with van der Waals surface area (Å²) in [6.45, 7) is 1.98. The first-order valence-corrected chi connectivity index (χ1v) is 11.5. The van der Waals surface area contributed by atoms with Gasteiger partial charge in [-0.3, -0.25) is 4.79 Å². The molecule has 1 aliphatic rings. The molecule has 0 fully saturated rings. The highest BCUT2D eigenvalue weighted by Gasteiger charge is 2.38. The van der Waals surface area contributed by atoms with Crippen molar-refractivity contribution >= 4 is 23.4 Å². The number of aryl methyl sites for hydroxylation is 1. The molecule has 33 heavy (non-hydrogen) atoms. The van der Waals surface area contributed by atoms with Crippen LogP contribution in [-0.2, 0) is 4.79 Å². The number of methoxy groups -OCH3 is 1. The highest BCUT2D eigenvalue weighted by molar-refractivity contribution is 8.00. The van der Waals surface area contributed by atoms with E-state index in [0.717, 1.165) is 28.1 Å². The summed E-state index contributed by atoms with van der Waals surface area (Å²) in [6.07, 6.45) is 0. The van der Waals surface area contributed by atoms with Crippen molar-refractivity contribution in [2.24, 2.45) is 0 Å². The largest absolute Gasteiger partial charge is 0.497 e. The van der Waals surface area contributed by atoms with E-state index in [1.165, 1.54) is 11.8 Å². The quantitative estimate of drug-likeness (QED) is 0.454. The van der Waals surface area contributed by atoms with Gasteiger partial charge in [0.1, 0.15) is 11.0 Å². The number of nitrogens with zero attached hydrogens (tertiary/aromatic N) is 3. The van der Waals surface area contributed by atoms with Crippen LogP contribution in [0.2, 0.25) is 0 Å². The van der Waals surface area contributed by atoms with Gasteiger partial charge in [-0.05, 0) is 36.2 Å². The molecule has 0 saturated carbocycles. The van der Waals surface area contributed by atoms with Crippen molar-refractivity contribution in [2.75, 3.05) is 17.9 Å². The molecule has 4 aromatic rings. The van der Waals surface area contributed by atoms with Crippen LogP contribution in [-0.4, -0.2) is 33.1 Å². The van der Waals surface area contributed by atoms with Gasteiger partial charge in [0.15, 0.2) is 5.82 Å². The van der Waals surface area contributed by atoms with E-state index < -0.39 is 5.25 Å². The Kier molecular flexibility index (Phi) is 5.75. The molecule has 0 spiro atoms. The van der Waals surface area contributed by atoms with Gasteiger partial charge in [0.05, 0.1) is 13.2 Å². The summed E-state index contributed by atoms with van der Waals surface area (Å²) in [7, 11) is 1.64. The number of hydrogen-bond acceptors (Lipinski definition) is 6. The van der Waals surface area contributed by atoms with Gasteiger partial charge < -0.3 is 15.5 Å². The molecule has 1 aliphatic heterocycles. The summed E-state index contributed by atoms with van der Waals surface area (Å²) in [6, 6.07) is 25.1. The third-order valence-electron chi connectivity index (χ3n) is 5.60. The Labute approximate surface area is 196 Å². The molecule has 166 valence electrons. The van der Waals surface area contributed by atoms with E-state index in [4.69, 9.17) is 4.74 Å². The zero-order valence-electron chi connectivity index (χ0n) is 18.2. The van der Waals surface area contributed by atoms with Gasteiger partial charge in [0.25, 0.3) is 0 Å². The van der Waals surface area contributed by atoms with Gasteiger partial charge in [-0.2, -0.15) is 0 Å². The fourth-order valence-corrected chi connectivity index (χ4v) is 4.89. The number of amides is 1. The molecule has 5 rings (SSSR count). The minimum absolute atomic E-state index is 0.0990. The second kappa shape index (κ2) is 8.99. The first-order valence-electron chi connectivity index (χ1n) is 10.6. The molecule has 2 atom stereocenters. The third kappa shape index (κ3) is 4.17. The highest BCUT2D eigenvalue weighted by atomic mass is 32.2. The molecule has 0 radical (unpaired) electrons. The number of aromatic nitrogens is 3. The summed E-state index contributed by atoms with van der Waals surface area (Å²) in [5.41, 5.74) is 7.22. The second-order valence-electron chi connectivity index (χ2n) is 7.73. The van der Waals surface area contributed by atoms with Crippen LogP contribution in [0.3, 0.4) is 0 Å². The van der Waals surface area contributed by atoms with Gasteiger partial charge in [0.2, 0.25) is 11.1 Å². The lowest BCUT2D eigenvalue weighted by Gasteiger charge is -2.33. The highest BCUT2D eigenvalue weighted by Crippen LogP contribution is 2.39. The zero-order valence-corrected chi connectivity index (χ0v) is 19.0. The van der Waals surface area contributed by atoms with Crippen LogP contribution in [0, 0.1) is 6.92 Å². The summed E-state index contributed by atoms with van der Waals surface area (Å²) >= 11 is 1.40. The van der Waals surface area contributed by atoms with Crippen LogP contribution < -0.4 is 15.5 Å². The van der Waals surface area contributed by atoms with E-state index in [2.05, 4.69) is 20.9 Å². The van der Waals surface area contributed by atoms with Crippen LogP contribution in [0.25, 0.3) is 11.4 Å². The topological polar surface area (TPSA) is 81.1 Å². The first-order chi connectivity index (χ1) is 16.1. The normalized spacial score (nSPS) is 17.0. The average Bonchev–Trinajstić information content (AvgIpc) is 3.28. The summed E-state index contributed by atoms with van der Waals surface area (Å²) in [5.74, 6) is 1.37. The number of carbonyl (C=O) groups excluding carboxylic acids is 1. The SMILES string of the molecule is COc1ccc(C2Nn3c(nnc3-c3ccccc3)SC2C(=O)Nc2ccccc2C)cc1. The van der Waals surface area contributed by atoms with Gasteiger partial charge in [-0.15, -0.1) is 10.2 Å². The van der Waals surface area contributed by atoms with Gasteiger partial charge in [0, 0.05) is 11.3 Å². The number of hydrogen-bond donors (Lipinski definition) is 2. The number of ether oxygens (including phenoxy) is 1. The minimum Gasteiger partial charge on any atom is -0.497 e. The molecule has 8 heteroatoms. The smallest absolute Gasteiger partial charge is 0.240 e. The summed E-state index contributed by atoms with van der Waals surface area (Å²) in [5, 5.41) is 12.0. The molecule has 2 heterocycles. The van der Waals surface area contributed by atoms with Gasteiger partial charge in [-0.1, -0.05) is 72.4 Å². The van der Waals surface area contributed by atoms with E-state index >= 15 is 0 Å². The minimum atomic E-state index is -0.460. The number of thioether (sulfide) groups is 1. The zero-order chi connectivity index (χ0) is 22.8. The Balaban J connectivity index is 1.52. The van der Waals surface area contributed by atoms with E-state index in [0.29, 0.717) is 11.0 Å². The van der Waals surface area contributed by atoms with E-state index in [1.807, 2.05) is 90.5 Å². The van der Waals surface area contributed by atoms with Crippen molar-refractivity contribution < 1.29 is 9.53 Å². The fourth-order valence-electron chi connectivity index (χ4n) is 3.81. The summed E-state index contributed by atoms with van der Waals surface area (Å²) in [4.78, 5) is 13.5. The molecule has 0 aliphatic carbocycles. The molecule has 2 unspecified atom stereocenters. The van der Waals surface area contributed by atoms with Crippen molar-refractivity contribution in [1.82, 2.24) is 14.9 Å². The molecule has 3 aromatic carbocycles. The maximum atomic E-state index is 13.5. The van der Waals surface area contributed by atoms with Crippen molar-refractivity contribution in [2.45, 2.75) is 23.4 Å². The molecular formula is C25H23N5O2S. The molecular weight excluding hydrogens is 434 g/mol. The van der Waals surface area contributed by atoms with Gasteiger partial charge >= 0.3 is 0 Å². The predicted octanol–water partition coefficient (Wildman–Crippen LogP) is 4.66. The predicted molar refractivity (Wildman–Crippen MR) is 130 cm³/mol. The molecule has 0 bridgehead atoms. The lowest BCUT2D eigenvalue weighted by atomic mass is 10.0. The monoisotopic (exact) mass is 457 g/mol. The van der Waals surface area contributed by atoms with Crippen LogP contribution >= 0.6 is 11.8 Å². The number of nitrogens with one attached hydrogen (secondary N) is 2. The number of para-hydroxylation sites is 1. The third-order valence-corrected chi connectivity index (χ3v) is 6.82. The Hall–Kier alpha value is -3.78. The van der Waals surface area contributed by atoms with Crippen LogP contribution in [0.15, 0.2) is 84.0 Å². The van der Waals surface area contributed by atoms with E-state index in [-0.39, 0.29) is 11.9 Å². The van der Waals surface area contributed by atoms with Crippen molar-refractivity contribution in [3.05, 3.63) is 90.0 Å². The molecule has 0 saturated heterocycles. The van der Waals surface area contributed by atoms with Crippen molar-refractivity contribution in [3.8, 4) is 17.1 Å². The molecule has 7 nitrogen and oxygen atoms in total. The standard InChI is InChI=1S/C25H23N5O2S/c1-16-8-6-7-11-20(16)26-24(31)22-21(17-12-14-19(32-2)15-13-17)29-30-23(27-28-25(30)33-22)18-9-4-3-5-10-18/h3-15,21-22,29H,1-2H3,(H,26,31). The second-order valence-corrected chi connectivity index (χ2v) is 8.84. The number of rotatable bonds is 5. The summed E-state index contributed by atoms with van der Waals surface area (Å²) < 4.78 is 7.18. The number of anilines is 1. The Morgan fingerprint density at radius 3 is 2.45 bits per heavy atom. The van der Waals surface area contributed by atoms with Crippen LogP contribution in [0.1, 0.15) is 17.2 Å². The van der Waals surface area contributed by atoms with E-state index in [1.54, 1.807) is 7.11 Å². The molecule has 1 aromatic heterocycles. The fraction of sp³-hybridized carbons (Fsp3) is 0.160. The average molecular weight is 458 g/mol. The van der Waals surface area contributed by atoms with Gasteiger partial charge in [-0.25, -0.2) is 4.68 Å². The van der Waals surface area contributed by atoms with Crippen LogP contribution in [0.4, 0.5) is 5.69 Å². The Bertz CT molecular complexity index is 1270. The Morgan fingerprint density at radius 2 is 1.73 bits per heavy atom. The molecule has 2 N–H and O–H groups in total. The lowest BCUT2D eigenvalue weighted by molar-refractivity contribution is -0.116. The lowest BCUT2D eigenvalue weighted by Crippen LogP contribution is -2.41. The number of benzene rings is 3. The number of fused-ring (bicyclic) bond motifs is 1. The molecule has 1 amide bonds. The van der Waals surface area contributed by atoms with E-state index in [9.17, 15) is 4.79 Å². The first kappa shape index (κ1) is 21.1. The number of carbonyl (C=O) groups is 1.